The van der Waals surface area contributed by atoms with E-state index in [0.717, 1.165) is 37.0 Å². The second kappa shape index (κ2) is 7.27. The molecule has 3 rings (SSSR count). The predicted molar refractivity (Wildman–Crippen MR) is 99.3 cm³/mol. The molecule has 0 bridgehead atoms. The number of rotatable bonds is 5. The molecule has 2 amide bonds. The van der Waals surface area contributed by atoms with Crippen molar-refractivity contribution in [3.05, 3.63) is 30.0 Å². The van der Waals surface area contributed by atoms with E-state index in [9.17, 15) is 9.59 Å². The number of piperidine rings is 1. The third kappa shape index (κ3) is 3.85. The van der Waals surface area contributed by atoms with E-state index < -0.39 is 0 Å². The Hall–Kier alpha value is -2.34. The van der Waals surface area contributed by atoms with Gasteiger partial charge in [0.2, 0.25) is 11.8 Å². The Kier molecular flexibility index (Phi) is 5.08. The molecule has 25 heavy (non-hydrogen) atoms. The second-order valence-electron chi connectivity index (χ2n) is 6.83. The Morgan fingerprint density at radius 3 is 2.84 bits per heavy atom. The lowest BCUT2D eigenvalue weighted by atomic mass is 9.97. The fourth-order valence-electron chi connectivity index (χ4n) is 3.78. The van der Waals surface area contributed by atoms with Crippen LogP contribution in [0.25, 0.3) is 10.9 Å². The lowest BCUT2D eigenvalue weighted by Gasteiger charge is -2.30. The fraction of sp³-hybridized carbons (Fsp3) is 0.474. The summed E-state index contributed by atoms with van der Waals surface area (Å²) in [4.78, 5) is 25.7. The number of aromatic nitrogens is 1. The van der Waals surface area contributed by atoms with Gasteiger partial charge in [0.25, 0.3) is 0 Å². The van der Waals surface area contributed by atoms with Crippen molar-refractivity contribution in [1.29, 1.82) is 0 Å². The van der Waals surface area contributed by atoms with Gasteiger partial charge in [-0.3, -0.25) is 14.5 Å². The van der Waals surface area contributed by atoms with Crippen LogP contribution in [-0.4, -0.2) is 40.9 Å². The summed E-state index contributed by atoms with van der Waals surface area (Å²) in [5.74, 6) is -0.437. The molecule has 0 spiro atoms. The number of benzene rings is 1. The summed E-state index contributed by atoms with van der Waals surface area (Å²) in [6.07, 6.45) is 1.75. The number of aryl methyl sites for hydroxylation is 2. The molecule has 1 atom stereocenters. The van der Waals surface area contributed by atoms with Crippen molar-refractivity contribution in [3.63, 3.8) is 0 Å². The van der Waals surface area contributed by atoms with E-state index in [1.807, 2.05) is 17.0 Å². The van der Waals surface area contributed by atoms with Crippen LogP contribution in [0, 0.1) is 12.8 Å². The van der Waals surface area contributed by atoms with Gasteiger partial charge in [-0.2, -0.15) is 0 Å². The number of anilines is 1. The summed E-state index contributed by atoms with van der Waals surface area (Å²) in [6, 6.07) is 8.18. The molecular weight excluding hydrogens is 316 g/mol. The quantitative estimate of drug-likeness (QED) is 0.873. The summed E-state index contributed by atoms with van der Waals surface area (Å²) in [6.45, 7) is 6.78. The number of carbonyl (C=O) groups is 2. The maximum Gasteiger partial charge on any atom is 0.231 e. The van der Waals surface area contributed by atoms with Crippen LogP contribution in [0.5, 0.6) is 0 Å². The molecule has 1 aromatic carbocycles. The van der Waals surface area contributed by atoms with E-state index in [-0.39, 0.29) is 24.3 Å². The Bertz CT molecular complexity index is 796. The average Bonchev–Trinajstić information content (AvgIpc) is 2.88. The van der Waals surface area contributed by atoms with E-state index >= 15 is 0 Å². The van der Waals surface area contributed by atoms with Gasteiger partial charge in [0, 0.05) is 35.4 Å². The van der Waals surface area contributed by atoms with Crippen LogP contribution in [0.2, 0.25) is 0 Å². The minimum atomic E-state index is -0.345. The molecule has 2 aromatic rings. The zero-order chi connectivity index (χ0) is 18.0. The number of nitrogens with zero attached hydrogens (tertiary/aromatic N) is 2. The van der Waals surface area contributed by atoms with Gasteiger partial charge >= 0.3 is 0 Å². The van der Waals surface area contributed by atoms with E-state index in [1.54, 1.807) is 0 Å². The minimum absolute atomic E-state index is 0.0140. The molecule has 1 aromatic heterocycles. The highest BCUT2D eigenvalue weighted by Gasteiger charge is 2.26. The van der Waals surface area contributed by atoms with E-state index in [2.05, 4.69) is 35.9 Å². The molecule has 1 unspecified atom stereocenters. The number of hydrogen-bond donors (Lipinski definition) is 2. The van der Waals surface area contributed by atoms with Crippen molar-refractivity contribution in [2.45, 2.75) is 33.2 Å². The average molecular weight is 342 g/mol. The first-order chi connectivity index (χ1) is 12.0. The topological polar surface area (TPSA) is 80.4 Å². The number of amides is 2. The van der Waals surface area contributed by atoms with Crippen molar-refractivity contribution in [2.75, 3.05) is 25.0 Å². The van der Waals surface area contributed by atoms with Crippen molar-refractivity contribution in [1.82, 2.24) is 9.47 Å². The lowest BCUT2D eigenvalue weighted by molar-refractivity contribution is -0.124. The molecule has 1 saturated heterocycles. The third-order valence-corrected chi connectivity index (χ3v) is 4.95. The monoisotopic (exact) mass is 342 g/mol. The first-order valence-corrected chi connectivity index (χ1v) is 8.89. The van der Waals surface area contributed by atoms with E-state index in [4.69, 9.17) is 5.73 Å². The molecule has 0 radical (unpaired) electrons. The van der Waals surface area contributed by atoms with Crippen LogP contribution in [-0.2, 0) is 16.1 Å². The van der Waals surface area contributed by atoms with Gasteiger partial charge in [-0.15, -0.1) is 0 Å². The maximum absolute atomic E-state index is 12.6. The van der Waals surface area contributed by atoms with Gasteiger partial charge in [0.1, 0.15) is 0 Å². The van der Waals surface area contributed by atoms with Gasteiger partial charge in [-0.1, -0.05) is 0 Å². The standard InChI is InChI=1S/C19H26N4O2/c1-3-23-13(2)9-15-10-16(6-7-17(15)23)21-19(25)14-5-4-8-22(11-14)12-18(20)24/h6-7,9-10,14H,3-5,8,11-12H2,1-2H3,(H2,20,24)(H,21,25). The van der Waals surface area contributed by atoms with Crippen molar-refractivity contribution < 1.29 is 9.59 Å². The van der Waals surface area contributed by atoms with Gasteiger partial charge in [0.05, 0.1) is 12.5 Å². The van der Waals surface area contributed by atoms with Crippen molar-refractivity contribution in [3.8, 4) is 0 Å². The molecule has 1 aliphatic heterocycles. The molecule has 2 heterocycles. The van der Waals surface area contributed by atoms with Gasteiger partial charge < -0.3 is 15.6 Å². The lowest BCUT2D eigenvalue weighted by Crippen LogP contribution is -2.44. The Labute approximate surface area is 148 Å². The van der Waals surface area contributed by atoms with Crippen LogP contribution in [0.15, 0.2) is 24.3 Å². The van der Waals surface area contributed by atoms with Crippen LogP contribution < -0.4 is 11.1 Å². The number of primary amides is 1. The van der Waals surface area contributed by atoms with Gasteiger partial charge in [-0.25, -0.2) is 0 Å². The molecule has 1 fully saturated rings. The largest absolute Gasteiger partial charge is 0.369 e. The third-order valence-electron chi connectivity index (χ3n) is 4.95. The van der Waals surface area contributed by atoms with Crippen molar-refractivity contribution >= 4 is 28.4 Å². The normalized spacial score (nSPS) is 18.4. The van der Waals surface area contributed by atoms with Crippen LogP contribution in [0.1, 0.15) is 25.5 Å². The fourth-order valence-corrected chi connectivity index (χ4v) is 3.78. The highest BCUT2D eigenvalue weighted by atomic mass is 16.2. The smallest absolute Gasteiger partial charge is 0.231 e. The maximum atomic E-state index is 12.6. The molecule has 1 aliphatic rings. The highest BCUT2D eigenvalue weighted by molar-refractivity contribution is 5.95. The van der Waals surface area contributed by atoms with E-state index in [0.29, 0.717) is 6.54 Å². The molecule has 0 saturated carbocycles. The number of nitrogens with two attached hydrogens (primary N) is 1. The molecule has 0 aliphatic carbocycles. The van der Waals surface area contributed by atoms with Gasteiger partial charge in [0.15, 0.2) is 0 Å². The van der Waals surface area contributed by atoms with Gasteiger partial charge in [-0.05, 0) is 57.5 Å². The summed E-state index contributed by atoms with van der Waals surface area (Å²) < 4.78 is 2.25. The zero-order valence-electron chi connectivity index (χ0n) is 14.9. The Morgan fingerprint density at radius 1 is 1.32 bits per heavy atom. The van der Waals surface area contributed by atoms with E-state index in [1.165, 1.54) is 11.2 Å². The summed E-state index contributed by atoms with van der Waals surface area (Å²) in [7, 11) is 0. The molecular formula is C19H26N4O2. The predicted octanol–water partition coefficient (Wildman–Crippen LogP) is 2.11. The zero-order valence-corrected chi connectivity index (χ0v) is 14.9. The number of nitrogens with one attached hydrogen (secondary N) is 1. The second-order valence-corrected chi connectivity index (χ2v) is 6.83. The number of hydrogen-bond acceptors (Lipinski definition) is 3. The van der Waals surface area contributed by atoms with Crippen molar-refractivity contribution in [2.24, 2.45) is 11.7 Å². The van der Waals surface area contributed by atoms with Crippen LogP contribution in [0.3, 0.4) is 0 Å². The summed E-state index contributed by atoms with van der Waals surface area (Å²) in [5.41, 5.74) is 8.48. The molecule has 134 valence electrons. The number of likely N-dealkylation sites (tertiary alicyclic amines) is 1. The molecule has 3 N–H and O–H groups in total. The Morgan fingerprint density at radius 2 is 2.12 bits per heavy atom. The van der Waals surface area contributed by atoms with Crippen LogP contribution in [0.4, 0.5) is 5.69 Å². The minimum Gasteiger partial charge on any atom is -0.369 e. The number of fused-ring (bicyclic) bond motifs is 1. The number of carbonyl (C=O) groups excluding carboxylic acids is 2. The summed E-state index contributed by atoms with van der Waals surface area (Å²) in [5, 5.41) is 4.17. The first-order valence-electron chi connectivity index (χ1n) is 8.89. The highest BCUT2D eigenvalue weighted by Crippen LogP contribution is 2.24. The molecule has 6 nitrogen and oxygen atoms in total. The Balaban J connectivity index is 1.70. The SMILES string of the molecule is CCn1c(C)cc2cc(NC(=O)C3CCCN(CC(N)=O)C3)ccc21. The molecule has 6 heteroatoms. The van der Waals surface area contributed by atoms with Crippen LogP contribution >= 0.6 is 0 Å². The first kappa shape index (κ1) is 17.5. The summed E-state index contributed by atoms with van der Waals surface area (Å²) >= 11 is 0.